The van der Waals surface area contributed by atoms with Gasteiger partial charge in [0.2, 0.25) is 0 Å². The van der Waals surface area contributed by atoms with E-state index in [1.54, 1.807) is 6.26 Å². The first kappa shape index (κ1) is 15.3. The lowest BCUT2D eigenvalue weighted by Gasteiger charge is -2.30. The van der Waals surface area contributed by atoms with Crippen LogP contribution < -0.4 is 0 Å². The summed E-state index contributed by atoms with van der Waals surface area (Å²) in [5.74, 6) is 0.672. The standard InChI is InChI=1S/C17H25N3O2/c1-19-12-14(11-18-19)13-20-8-4-2-3-6-15(20)10-16(21)17-7-5-9-22-17/h5,7,9,11-12,15-16,21H,2-4,6,8,10,13H2,1H3/t15-,16-/m1/s1. The van der Waals surface area contributed by atoms with Crippen molar-refractivity contribution >= 4 is 0 Å². The molecule has 120 valence electrons. The number of hydrogen-bond acceptors (Lipinski definition) is 4. The van der Waals surface area contributed by atoms with Gasteiger partial charge in [-0.1, -0.05) is 12.8 Å². The number of furan rings is 1. The second-order valence-corrected chi connectivity index (χ2v) is 6.26. The molecule has 0 spiro atoms. The highest BCUT2D eigenvalue weighted by Crippen LogP contribution is 2.27. The van der Waals surface area contributed by atoms with Crippen LogP contribution in [0.25, 0.3) is 0 Å². The Morgan fingerprint density at radius 2 is 2.32 bits per heavy atom. The molecule has 3 rings (SSSR count). The Bertz CT molecular complexity index is 564. The minimum Gasteiger partial charge on any atom is -0.467 e. The van der Waals surface area contributed by atoms with Crippen molar-refractivity contribution < 1.29 is 9.52 Å². The van der Waals surface area contributed by atoms with Gasteiger partial charge in [0.15, 0.2) is 0 Å². The van der Waals surface area contributed by atoms with Crippen LogP contribution in [0.15, 0.2) is 35.2 Å². The van der Waals surface area contributed by atoms with Crippen LogP contribution in [0.1, 0.15) is 49.5 Å². The minimum atomic E-state index is -0.519. The van der Waals surface area contributed by atoms with Crippen molar-refractivity contribution in [2.45, 2.75) is 50.8 Å². The molecule has 5 heteroatoms. The molecule has 3 heterocycles. The third-order valence-corrected chi connectivity index (χ3v) is 4.51. The Kier molecular flexibility index (Phi) is 4.95. The number of rotatable bonds is 5. The third-order valence-electron chi connectivity index (χ3n) is 4.51. The van der Waals surface area contributed by atoms with Crippen molar-refractivity contribution in [1.82, 2.24) is 14.7 Å². The summed E-state index contributed by atoms with van der Waals surface area (Å²) in [5, 5.41) is 14.7. The fraction of sp³-hybridized carbons (Fsp3) is 0.588. The van der Waals surface area contributed by atoms with Crippen molar-refractivity contribution in [3.8, 4) is 0 Å². The molecule has 2 aromatic heterocycles. The van der Waals surface area contributed by atoms with Crippen molar-refractivity contribution in [2.75, 3.05) is 6.54 Å². The Labute approximate surface area is 131 Å². The molecule has 22 heavy (non-hydrogen) atoms. The Balaban J connectivity index is 1.67. The van der Waals surface area contributed by atoms with Crippen molar-refractivity contribution in [3.63, 3.8) is 0 Å². The van der Waals surface area contributed by atoms with Gasteiger partial charge in [-0.2, -0.15) is 5.10 Å². The van der Waals surface area contributed by atoms with Crippen LogP contribution in [-0.4, -0.2) is 32.4 Å². The van der Waals surface area contributed by atoms with E-state index in [9.17, 15) is 5.11 Å². The molecule has 0 amide bonds. The molecule has 1 saturated heterocycles. The monoisotopic (exact) mass is 303 g/mol. The summed E-state index contributed by atoms with van der Waals surface area (Å²) in [6, 6.07) is 4.08. The van der Waals surface area contributed by atoms with Crippen molar-refractivity contribution in [1.29, 1.82) is 0 Å². The maximum atomic E-state index is 10.4. The van der Waals surface area contributed by atoms with Crippen LogP contribution >= 0.6 is 0 Å². The van der Waals surface area contributed by atoms with Gasteiger partial charge in [0.05, 0.1) is 12.5 Å². The SMILES string of the molecule is Cn1cc(CN2CCCCC[C@@H]2C[C@@H](O)c2ccco2)cn1. The Morgan fingerprint density at radius 3 is 3.05 bits per heavy atom. The van der Waals surface area contributed by atoms with Gasteiger partial charge in [0.1, 0.15) is 11.9 Å². The number of aliphatic hydroxyl groups excluding tert-OH is 1. The maximum absolute atomic E-state index is 10.4. The van der Waals surface area contributed by atoms with Gasteiger partial charge in [0.25, 0.3) is 0 Å². The zero-order valence-corrected chi connectivity index (χ0v) is 13.2. The average Bonchev–Trinajstić information content (AvgIpc) is 3.12. The van der Waals surface area contributed by atoms with Crippen LogP contribution in [0, 0.1) is 0 Å². The average molecular weight is 303 g/mol. The van der Waals surface area contributed by atoms with Gasteiger partial charge in [0, 0.05) is 31.4 Å². The van der Waals surface area contributed by atoms with E-state index in [2.05, 4.69) is 16.2 Å². The number of aliphatic hydroxyl groups is 1. The molecule has 0 saturated carbocycles. The highest BCUT2D eigenvalue weighted by molar-refractivity contribution is 5.05. The fourth-order valence-electron chi connectivity index (χ4n) is 3.35. The van der Waals surface area contributed by atoms with Crippen molar-refractivity contribution in [2.24, 2.45) is 7.05 Å². The van der Waals surface area contributed by atoms with Gasteiger partial charge in [-0.25, -0.2) is 0 Å². The molecule has 0 aliphatic carbocycles. The Hall–Kier alpha value is -1.59. The van der Waals surface area contributed by atoms with Gasteiger partial charge in [-0.15, -0.1) is 0 Å². The summed E-state index contributed by atoms with van der Waals surface area (Å²) in [6.07, 6.45) is 10.7. The third kappa shape index (κ3) is 3.78. The molecule has 1 fully saturated rings. The maximum Gasteiger partial charge on any atom is 0.132 e. The predicted octanol–water partition coefficient (Wildman–Crippen LogP) is 2.88. The van der Waals surface area contributed by atoms with E-state index in [4.69, 9.17) is 4.42 Å². The molecular formula is C17H25N3O2. The molecule has 5 nitrogen and oxygen atoms in total. The molecule has 2 atom stereocenters. The molecule has 1 aliphatic rings. The van der Waals surface area contributed by atoms with Crippen LogP contribution in [0.5, 0.6) is 0 Å². The smallest absolute Gasteiger partial charge is 0.132 e. The fourth-order valence-corrected chi connectivity index (χ4v) is 3.35. The molecular weight excluding hydrogens is 278 g/mol. The van der Waals surface area contributed by atoms with Crippen LogP contribution in [0.2, 0.25) is 0 Å². The second kappa shape index (κ2) is 7.11. The van der Waals surface area contributed by atoms with E-state index in [-0.39, 0.29) is 0 Å². The lowest BCUT2D eigenvalue weighted by molar-refractivity contribution is 0.0830. The molecule has 1 N–H and O–H groups in total. The summed E-state index contributed by atoms with van der Waals surface area (Å²) < 4.78 is 7.19. The predicted molar refractivity (Wildman–Crippen MR) is 84.2 cm³/mol. The highest BCUT2D eigenvalue weighted by atomic mass is 16.4. The number of hydrogen-bond donors (Lipinski definition) is 1. The summed E-state index contributed by atoms with van der Waals surface area (Å²) in [4.78, 5) is 2.50. The zero-order valence-electron chi connectivity index (χ0n) is 13.2. The summed E-state index contributed by atoms with van der Waals surface area (Å²) in [6.45, 7) is 1.99. The van der Waals surface area contributed by atoms with Gasteiger partial charge in [-0.05, 0) is 37.9 Å². The largest absolute Gasteiger partial charge is 0.467 e. The molecule has 1 aliphatic heterocycles. The summed E-state index contributed by atoms with van der Waals surface area (Å²) >= 11 is 0. The van der Waals surface area contributed by atoms with E-state index in [1.807, 2.05) is 30.1 Å². The lowest BCUT2D eigenvalue weighted by atomic mass is 10.0. The number of nitrogens with zero attached hydrogens (tertiary/aromatic N) is 3. The summed E-state index contributed by atoms with van der Waals surface area (Å²) in [5.41, 5.74) is 1.24. The highest BCUT2D eigenvalue weighted by Gasteiger charge is 2.25. The first-order valence-electron chi connectivity index (χ1n) is 8.15. The van der Waals surface area contributed by atoms with Crippen molar-refractivity contribution in [3.05, 3.63) is 42.1 Å². The quantitative estimate of drug-likeness (QED) is 0.923. The molecule has 0 bridgehead atoms. The lowest BCUT2D eigenvalue weighted by Crippen LogP contribution is -2.35. The number of likely N-dealkylation sites (tertiary alicyclic amines) is 1. The zero-order chi connectivity index (χ0) is 15.4. The van der Waals surface area contributed by atoms with Crippen LogP contribution in [0.4, 0.5) is 0 Å². The number of aromatic nitrogens is 2. The van der Waals surface area contributed by atoms with E-state index < -0.39 is 6.10 Å². The minimum absolute atomic E-state index is 0.391. The first-order valence-corrected chi connectivity index (χ1v) is 8.15. The molecule has 0 unspecified atom stereocenters. The Morgan fingerprint density at radius 1 is 1.41 bits per heavy atom. The second-order valence-electron chi connectivity index (χ2n) is 6.26. The van der Waals surface area contributed by atoms with Gasteiger partial charge < -0.3 is 9.52 Å². The van der Waals surface area contributed by atoms with Gasteiger partial charge in [-0.3, -0.25) is 9.58 Å². The normalized spacial score (nSPS) is 21.6. The van der Waals surface area contributed by atoms with E-state index in [1.165, 1.54) is 24.8 Å². The first-order chi connectivity index (χ1) is 10.7. The van der Waals surface area contributed by atoms with Crippen LogP contribution in [-0.2, 0) is 13.6 Å². The topological polar surface area (TPSA) is 54.4 Å². The molecule has 2 aromatic rings. The summed E-state index contributed by atoms with van der Waals surface area (Å²) in [7, 11) is 1.95. The van der Waals surface area contributed by atoms with E-state index in [0.717, 1.165) is 25.9 Å². The van der Waals surface area contributed by atoms with Crippen LogP contribution in [0.3, 0.4) is 0 Å². The molecule has 0 aromatic carbocycles. The van der Waals surface area contributed by atoms with E-state index >= 15 is 0 Å². The number of aryl methyl sites for hydroxylation is 1. The van der Waals surface area contributed by atoms with Gasteiger partial charge >= 0.3 is 0 Å². The van der Waals surface area contributed by atoms with E-state index in [0.29, 0.717) is 11.8 Å². The molecule has 0 radical (unpaired) electrons.